The molecule has 0 aliphatic carbocycles. The number of hydrogen-bond acceptors (Lipinski definition) is 2. The first-order valence-electron chi connectivity index (χ1n) is 1.29. The van der Waals surface area contributed by atoms with Gasteiger partial charge in [-0.1, -0.05) is 0 Å². The topological polar surface area (TPSA) is 54.4 Å². The molecule has 0 aromatic carbocycles. The predicted molar refractivity (Wildman–Crippen MR) is 22.3 cm³/mol. The quantitative estimate of drug-likeness (QED) is 0.460. The minimum atomic E-state index is -5.41. The van der Waals surface area contributed by atoms with Gasteiger partial charge in [0.05, 0.1) is 0 Å². The van der Waals surface area contributed by atoms with Crippen molar-refractivity contribution in [3.63, 3.8) is 0 Å². The molecular weight excluding hydrogens is 166 g/mol. The lowest BCUT2D eigenvalue weighted by Crippen LogP contribution is -2.20. The van der Waals surface area contributed by atoms with Crippen LogP contribution in [0.3, 0.4) is 0 Å². The summed E-state index contributed by atoms with van der Waals surface area (Å²) in [6, 6.07) is 0. The fourth-order valence-electron chi connectivity index (χ4n) is 0. The molecule has 0 aliphatic rings. The molecule has 0 aliphatic heterocycles. The summed E-state index contributed by atoms with van der Waals surface area (Å²) < 4.78 is 43.8. The molecule has 0 saturated carbocycles. The van der Waals surface area contributed by atoms with Crippen LogP contribution in [0, 0.1) is 0 Å². The van der Waals surface area contributed by atoms with Gasteiger partial charge in [0, 0.05) is 0 Å². The van der Waals surface area contributed by atoms with E-state index in [2.05, 4.69) is 11.6 Å². The van der Waals surface area contributed by atoms with Gasteiger partial charge in [0.1, 0.15) is 0 Å². The van der Waals surface area contributed by atoms with Crippen molar-refractivity contribution in [3.05, 3.63) is 0 Å². The van der Waals surface area contributed by atoms with Crippen LogP contribution < -0.4 is 0 Å². The van der Waals surface area contributed by atoms with E-state index in [-0.39, 0.29) is 0 Å². The average Bonchev–Trinajstić information content (AvgIpc) is 1.25. The van der Waals surface area contributed by atoms with Gasteiger partial charge in [-0.15, -0.1) is 0 Å². The van der Waals surface area contributed by atoms with E-state index in [1.807, 2.05) is 0 Å². The molecule has 0 heterocycles. The molecule has 0 spiro atoms. The summed E-state index contributed by atoms with van der Waals surface area (Å²) >= 11 is 3.84. The van der Waals surface area contributed by atoms with Gasteiger partial charge in [-0.05, 0) is 11.6 Å². The Kier molecular flexibility index (Phi) is 1.80. The van der Waals surface area contributed by atoms with Crippen molar-refractivity contribution < 1.29 is 21.8 Å². The van der Waals surface area contributed by atoms with E-state index in [9.17, 15) is 17.2 Å². The Bertz CT molecular complexity index is 166. The highest BCUT2D eigenvalue weighted by atomic mass is 35.5. The van der Waals surface area contributed by atoms with E-state index in [1.165, 1.54) is 0 Å². The number of alkyl halides is 3. The Morgan fingerprint density at radius 3 is 1.62 bits per heavy atom. The molecule has 0 unspecified atom stereocenters. The first-order valence-corrected chi connectivity index (χ1v) is 3.11. The summed E-state index contributed by atoms with van der Waals surface area (Å²) in [5.41, 5.74) is 0. The molecule has 0 amide bonds. The number of hydrogen-bond donors (Lipinski definition) is 1. The lowest BCUT2D eigenvalue weighted by molar-refractivity contribution is 0.172. The molecule has 0 bridgehead atoms. The molecule has 0 atom stereocenters. The van der Waals surface area contributed by atoms with E-state index in [1.54, 1.807) is 0 Å². The van der Waals surface area contributed by atoms with Crippen molar-refractivity contribution in [1.29, 1.82) is 0 Å². The third kappa shape index (κ3) is 1.89. The van der Waals surface area contributed by atoms with Gasteiger partial charge in [-0.3, -0.25) is 4.55 Å². The fourth-order valence-corrected chi connectivity index (χ4v) is 0. The molecular formula is CHClF2O3S. The van der Waals surface area contributed by atoms with Gasteiger partial charge in [0.25, 0.3) is 0 Å². The minimum Gasteiger partial charge on any atom is -0.280 e. The summed E-state index contributed by atoms with van der Waals surface area (Å²) in [5.74, 6) is 0. The number of halogens is 3. The molecule has 0 aromatic rings. The summed E-state index contributed by atoms with van der Waals surface area (Å²) in [4.78, 5) is 0. The maximum absolute atomic E-state index is 11.2. The molecule has 0 aromatic heterocycles. The zero-order valence-electron chi connectivity index (χ0n) is 3.31. The lowest BCUT2D eigenvalue weighted by atomic mass is 11.6. The molecule has 1 N–H and O–H groups in total. The van der Waals surface area contributed by atoms with Crippen molar-refractivity contribution >= 4 is 21.7 Å². The van der Waals surface area contributed by atoms with Crippen LogP contribution in [0.1, 0.15) is 0 Å². The van der Waals surface area contributed by atoms with Gasteiger partial charge in [-0.25, -0.2) is 0 Å². The molecule has 0 radical (unpaired) electrons. The zero-order chi connectivity index (χ0) is 7.00. The van der Waals surface area contributed by atoms with Crippen LogP contribution in [0.4, 0.5) is 8.78 Å². The first-order chi connectivity index (χ1) is 3.25. The normalized spacial score (nSPS) is 14.0. The van der Waals surface area contributed by atoms with E-state index < -0.39 is 14.8 Å². The molecule has 0 rings (SSSR count). The van der Waals surface area contributed by atoms with Crippen molar-refractivity contribution in [3.8, 4) is 0 Å². The van der Waals surface area contributed by atoms with Crippen LogP contribution in [-0.2, 0) is 10.1 Å². The Hall–Kier alpha value is 0.0600. The number of rotatable bonds is 1. The van der Waals surface area contributed by atoms with Crippen molar-refractivity contribution in [2.24, 2.45) is 0 Å². The maximum Gasteiger partial charge on any atom is 0.448 e. The molecule has 8 heavy (non-hydrogen) atoms. The summed E-state index contributed by atoms with van der Waals surface area (Å²) in [6.07, 6.45) is 0. The summed E-state index contributed by atoms with van der Waals surface area (Å²) in [6.45, 7) is 0. The smallest absolute Gasteiger partial charge is 0.280 e. The van der Waals surface area contributed by atoms with E-state index >= 15 is 0 Å². The van der Waals surface area contributed by atoms with Crippen LogP contribution in [0.2, 0.25) is 0 Å². The van der Waals surface area contributed by atoms with Gasteiger partial charge in [0.2, 0.25) is 0 Å². The zero-order valence-corrected chi connectivity index (χ0v) is 4.88. The second-order valence-corrected chi connectivity index (χ2v) is 3.08. The highest BCUT2D eigenvalue weighted by Crippen LogP contribution is 2.24. The summed E-state index contributed by atoms with van der Waals surface area (Å²) in [5, 5.41) is 0. The standard InChI is InChI=1S/CHClF2O3S/c2-1(3,4)8(5,6)7/h(H,5,6,7). The van der Waals surface area contributed by atoms with Gasteiger partial charge in [0.15, 0.2) is 0 Å². The Morgan fingerprint density at radius 2 is 1.62 bits per heavy atom. The van der Waals surface area contributed by atoms with E-state index in [4.69, 9.17) is 4.55 Å². The molecule has 0 fully saturated rings. The van der Waals surface area contributed by atoms with Crippen LogP contribution in [0.15, 0.2) is 0 Å². The Morgan fingerprint density at radius 1 is 1.50 bits per heavy atom. The molecule has 0 saturated heterocycles. The average molecular weight is 167 g/mol. The maximum atomic E-state index is 11.2. The molecule has 50 valence electrons. The second-order valence-electron chi connectivity index (χ2n) is 0.921. The van der Waals surface area contributed by atoms with E-state index in [0.29, 0.717) is 0 Å². The van der Waals surface area contributed by atoms with Crippen LogP contribution in [0.25, 0.3) is 0 Å². The second kappa shape index (κ2) is 1.78. The first kappa shape index (κ1) is 8.06. The van der Waals surface area contributed by atoms with Gasteiger partial charge >= 0.3 is 14.8 Å². The molecule has 3 nitrogen and oxygen atoms in total. The lowest BCUT2D eigenvalue weighted by Gasteiger charge is -1.99. The summed E-state index contributed by atoms with van der Waals surface area (Å²) in [7, 11) is -5.41. The van der Waals surface area contributed by atoms with Crippen molar-refractivity contribution in [1.82, 2.24) is 0 Å². The Labute approximate surface area is 49.0 Å². The van der Waals surface area contributed by atoms with Crippen molar-refractivity contribution in [2.45, 2.75) is 4.71 Å². The van der Waals surface area contributed by atoms with Crippen LogP contribution >= 0.6 is 11.6 Å². The van der Waals surface area contributed by atoms with Crippen LogP contribution in [-0.4, -0.2) is 17.7 Å². The van der Waals surface area contributed by atoms with Crippen LogP contribution in [0.5, 0.6) is 0 Å². The van der Waals surface area contributed by atoms with Gasteiger partial charge < -0.3 is 0 Å². The largest absolute Gasteiger partial charge is 0.448 e. The predicted octanol–water partition coefficient (Wildman–Crippen LogP) is 0.663. The molecule has 7 heteroatoms. The third-order valence-corrected chi connectivity index (χ3v) is 1.46. The minimum absolute atomic E-state index is 3.84. The van der Waals surface area contributed by atoms with Gasteiger partial charge in [-0.2, -0.15) is 17.2 Å². The fraction of sp³-hybridized carbons (Fsp3) is 1.00. The monoisotopic (exact) mass is 166 g/mol. The van der Waals surface area contributed by atoms with Crippen molar-refractivity contribution in [2.75, 3.05) is 0 Å². The third-order valence-electron chi connectivity index (χ3n) is 0.292. The highest BCUT2D eigenvalue weighted by molar-refractivity contribution is 7.88. The highest BCUT2D eigenvalue weighted by Gasteiger charge is 2.41. The SMILES string of the molecule is O=S(=O)(O)C(F)(F)Cl. The Balaban J connectivity index is 4.53. The van der Waals surface area contributed by atoms with E-state index in [0.717, 1.165) is 0 Å².